The number of methoxy groups -OCH3 is 2. The molecule has 9 heteroatoms. The third-order valence-electron chi connectivity index (χ3n) is 3.85. The maximum atomic E-state index is 12.4. The van der Waals surface area contributed by atoms with Gasteiger partial charge in [-0.25, -0.2) is 9.97 Å². The van der Waals surface area contributed by atoms with Crippen molar-refractivity contribution in [2.75, 3.05) is 14.2 Å². The third-order valence-corrected chi connectivity index (χ3v) is 5.05. The minimum absolute atomic E-state index is 0.0961. The van der Waals surface area contributed by atoms with Gasteiger partial charge in [0.05, 0.1) is 30.0 Å². The molecule has 1 aromatic carbocycles. The second-order valence-electron chi connectivity index (χ2n) is 5.73. The van der Waals surface area contributed by atoms with Gasteiger partial charge in [0.2, 0.25) is 5.91 Å². The van der Waals surface area contributed by atoms with Gasteiger partial charge in [-0.2, -0.15) is 0 Å². The average Bonchev–Trinajstić information content (AvgIpc) is 3.06. The lowest BCUT2D eigenvalue weighted by Crippen LogP contribution is -2.30. The molecule has 0 radical (unpaired) electrons. The molecule has 2 N–H and O–H groups in total. The first-order valence-corrected chi connectivity index (χ1v) is 9.42. The van der Waals surface area contributed by atoms with Crippen molar-refractivity contribution in [3.63, 3.8) is 0 Å². The Labute approximate surface area is 165 Å². The number of rotatable bonds is 7. The van der Waals surface area contributed by atoms with Crippen molar-refractivity contribution in [1.29, 1.82) is 0 Å². The Kier molecular flexibility index (Phi) is 6.08. The van der Waals surface area contributed by atoms with Crippen LogP contribution in [0.15, 0.2) is 35.6 Å². The standard InChI is InChI=1S/C18H19ClN4O3S/c1-10(27-18-22-13-7-12(19)9-20-16(13)23-18)17(24)21-8-11-4-5-14(25-2)15(6-11)26-3/h4-7,9-10H,8H2,1-3H3,(H,21,24)(H,20,22,23)/t10-/m1/s1. The van der Waals surface area contributed by atoms with Crippen molar-refractivity contribution in [3.8, 4) is 11.5 Å². The molecule has 0 saturated carbocycles. The lowest BCUT2D eigenvalue weighted by Gasteiger charge is -2.12. The molecule has 3 rings (SSSR count). The number of imidazole rings is 1. The number of carbonyl (C=O) groups excluding carboxylic acids is 1. The highest BCUT2D eigenvalue weighted by atomic mass is 35.5. The van der Waals surface area contributed by atoms with Crippen molar-refractivity contribution >= 4 is 40.4 Å². The predicted molar refractivity (Wildman–Crippen MR) is 106 cm³/mol. The number of pyridine rings is 1. The van der Waals surface area contributed by atoms with Crippen LogP contribution in [0.25, 0.3) is 11.2 Å². The molecule has 0 fully saturated rings. The lowest BCUT2D eigenvalue weighted by molar-refractivity contribution is -0.120. The Balaban J connectivity index is 1.60. The summed E-state index contributed by atoms with van der Waals surface area (Å²) < 4.78 is 10.5. The highest BCUT2D eigenvalue weighted by Gasteiger charge is 2.17. The van der Waals surface area contributed by atoms with Crippen LogP contribution < -0.4 is 14.8 Å². The number of aromatic nitrogens is 3. The number of nitrogens with one attached hydrogen (secondary N) is 2. The number of amides is 1. The monoisotopic (exact) mass is 406 g/mol. The number of benzene rings is 1. The Morgan fingerprint density at radius 1 is 1.30 bits per heavy atom. The van der Waals surface area contributed by atoms with Crippen LogP contribution in [0.5, 0.6) is 11.5 Å². The molecule has 0 aliphatic heterocycles. The molecule has 0 saturated heterocycles. The molecule has 1 amide bonds. The summed E-state index contributed by atoms with van der Waals surface area (Å²) in [5, 5.41) is 3.73. The van der Waals surface area contributed by atoms with E-state index in [9.17, 15) is 4.79 Å². The van der Waals surface area contributed by atoms with Crippen LogP contribution in [0, 0.1) is 0 Å². The molecule has 0 bridgehead atoms. The van der Waals surface area contributed by atoms with Crippen LogP contribution in [0.4, 0.5) is 0 Å². The Morgan fingerprint density at radius 2 is 2.07 bits per heavy atom. The number of hydrogen-bond donors (Lipinski definition) is 2. The van der Waals surface area contributed by atoms with Gasteiger partial charge in [0.1, 0.15) is 0 Å². The quantitative estimate of drug-likeness (QED) is 0.584. The molecule has 2 aromatic heterocycles. The van der Waals surface area contributed by atoms with E-state index >= 15 is 0 Å². The van der Waals surface area contributed by atoms with E-state index in [4.69, 9.17) is 21.1 Å². The molecule has 142 valence electrons. The molecule has 2 heterocycles. The van der Waals surface area contributed by atoms with Crippen molar-refractivity contribution in [2.45, 2.75) is 23.9 Å². The molecule has 7 nitrogen and oxygen atoms in total. The number of thioether (sulfide) groups is 1. The topological polar surface area (TPSA) is 89.1 Å². The summed E-state index contributed by atoms with van der Waals surface area (Å²) in [4.78, 5) is 24.0. The SMILES string of the molecule is COc1ccc(CNC(=O)[C@@H](C)Sc2nc3ncc(Cl)cc3[nH]2)cc1OC. The highest BCUT2D eigenvalue weighted by Crippen LogP contribution is 2.28. The summed E-state index contributed by atoms with van der Waals surface area (Å²) in [6.45, 7) is 2.21. The van der Waals surface area contributed by atoms with Crippen LogP contribution in [0.1, 0.15) is 12.5 Å². The van der Waals surface area contributed by atoms with E-state index in [-0.39, 0.29) is 11.2 Å². The summed E-state index contributed by atoms with van der Waals surface area (Å²) in [7, 11) is 3.16. The normalized spacial score (nSPS) is 12.0. The van der Waals surface area contributed by atoms with Crippen LogP contribution >= 0.6 is 23.4 Å². The number of halogens is 1. The average molecular weight is 407 g/mol. The molecule has 0 unspecified atom stereocenters. The van der Waals surface area contributed by atoms with Crippen LogP contribution in [0.3, 0.4) is 0 Å². The van der Waals surface area contributed by atoms with Gasteiger partial charge in [-0.05, 0) is 30.7 Å². The van der Waals surface area contributed by atoms with E-state index in [1.807, 2.05) is 25.1 Å². The molecular formula is C18H19ClN4O3S. The summed E-state index contributed by atoms with van der Waals surface area (Å²) in [6.07, 6.45) is 1.54. The molecule has 0 aliphatic carbocycles. The van der Waals surface area contributed by atoms with Crippen molar-refractivity contribution < 1.29 is 14.3 Å². The Morgan fingerprint density at radius 3 is 2.81 bits per heavy atom. The molecule has 0 aliphatic rings. The zero-order chi connectivity index (χ0) is 19.4. The first-order valence-electron chi connectivity index (χ1n) is 8.16. The van der Waals surface area contributed by atoms with Crippen molar-refractivity contribution in [2.24, 2.45) is 0 Å². The molecule has 1 atom stereocenters. The maximum absolute atomic E-state index is 12.4. The van der Waals surface area contributed by atoms with Gasteiger partial charge in [-0.3, -0.25) is 4.79 Å². The number of fused-ring (bicyclic) bond motifs is 1. The number of hydrogen-bond acceptors (Lipinski definition) is 6. The first-order chi connectivity index (χ1) is 13.0. The van der Waals surface area contributed by atoms with Gasteiger partial charge in [-0.1, -0.05) is 29.4 Å². The molecule has 0 spiro atoms. The minimum Gasteiger partial charge on any atom is -0.493 e. The first kappa shape index (κ1) is 19.3. The minimum atomic E-state index is -0.332. The van der Waals surface area contributed by atoms with Crippen LogP contribution in [-0.4, -0.2) is 40.3 Å². The van der Waals surface area contributed by atoms with Crippen molar-refractivity contribution in [3.05, 3.63) is 41.0 Å². The Hall–Kier alpha value is -2.45. The van der Waals surface area contributed by atoms with Gasteiger partial charge in [0.25, 0.3) is 0 Å². The van der Waals surface area contributed by atoms with Gasteiger partial charge in [0.15, 0.2) is 22.3 Å². The number of nitrogens with zero attached hydrogens (tertiary/aromatic N) is 2. The maximum Gasteiger partial charge on any atom is 0.233 e. The highest BCUT2D eigenvalue weighted by molar-refractivity contribution is 8.00. The second-order valence-corrected chi connectivity index (χ2v) is 7.50. The molecule has 3 aromatic rings. The fraction of sp³-hybridized carbons (Fsp3) is 0.278. The smallest absolute Gasteiger partial charge is 0.233 e. The van der Waals surface area contributed by atoms with Crippen molar-refractivity contribution in [1.82, 2.24) is 20.3 Å². The van der Waals surface area contributed by atoms with E-state index < -0.39 is 0 Å². The van der Waals surface area contributed by atoms with E-state index in [1.165, 1.54) is 11.8 Å². The van der Waals surface area contributed by atoms with E-state index in [1.54, 1.807) is 26.5 Å². The van der Waals surface area contributed by atoms with Gasteiger partial charge < -0.3 is 19.8 Å². The Bertz CT molecular complexity index is 963. The van der Waals surface area contributed by atoms with Gasteiger partial charge in [0, 0.05) is 12.7 Å². The fourth-order valence-corrected chi connectivity index (χ4v) is 3.44. The number of carbonyl (C=O) groups is 1. The fourth-order valence-electron chi connectivity index (χ4n) is 2.45. The summed E-state index contributed by atoms with van der Waals surface area (Å²) in [5.41, 5.74) is 2.23. The largest absolute Gasteiger partial charge is 0.493 e. The van der Waals surface area contributed by atoms with Crippen LogP contribution in [0.2, 0.25) is 5.02 Å². The number of H-pyrrole nitrogens is 1. The van der Waals surface area contributed by atoms with E-state index in [2.05, 4.69) is 20.3 Å². The molecular weight excluding hydrogens is 388 g/mol. The second kappa shape index (κ2) is 8.49. The lowest BCUT2D eigenvalue weighted by atomic mass is 10.2. The molecule has 27 heavy (non-hydrogen) atoms. The summed E-state index contributed by atoms with van der Waals surface area (Å²) in [5.74, 6) is 1.18. The summed E-state index contributed by atoms with van der Waals surface area (Å²) in [6, 6.07) is 7.29. The van der Waals surface area contributed by atoms with E-state index in [0.29, 0.717) is 33.9 Å². The number of aromatic amines is 1. The summed E-state index contributed by atoms with van der Waals surface area (Å²) >= 11 is 7.25. The van der Waals surface area contributed by atoms with Gasteiger partial charge >= 0.3 is 0 Å². The van der Waals surface area contributed by atoms with Crippen LogP contribution in [-0.2, 0) is 11.3 Å². The predicted octanol–water partition coefficient (Wildman–Crippen LogP) is 3.43. The van der Waals surface area contributed by atoms with Gasteiger partial charge in [-0.15, -0.1) is 0 Å². The van der Waals surface area contributed by atoms with E-state index in [0.717, 1.165) is 11.1 Å². The third kappa shape index (κ3) is 4.64. The zero-order valence-corrected chi connectivity index (χ0v) is 16.6. The zero-order valence-electron chi connectivity index (χ0n) is 15.1. The number of ether oxygens (including phenoxy) is 2.